The zero-order valence-corrected chi connectivity index (χ0v) is 6.11. The van der Waals surface area contributed by atoms with Gasteiger partial charge in [0.05, 0.1) is 6.20 Å². The smallest absolute Gasteiger partial charge is 0.150 e. The molecule has 1 radical (unpaired) electrons. The second-order valence-electron chi connectivity index (χ2n) is 2.21. The molecule has 12 heavy (non-hydrogen) atoms. The first kappa shape index (κ1) is 6.97. The van der Waals surface area contributed by atoms with Gasteiger partial charge < -0.3 is 0 Å². The number of aromatic nitrogens is 3. The van der Waals surface area contributed by atoms with E-state index >= 15 is 0 Å². The summed E-state index contributed by atoms with van der Waals surface area (Å²) in [6.07, 6.45) is 3.87. The van der Waals surface area contributed by atoms with E-state index in [2.05, 4.69) is 16.4 Å². The predicted octanol–water partition coefficient (Wildman–Crippen LogP) is 1.21. The molecule has 1 aromatic carbocycles. The molecule has 0 aliphatic heterocycles. The molecule has 0 fully saturated rings. The van der Waals surface area contributed by atoms with Crippen molar-refractivity contribution in [2.75, 3.05) is 0 Å². The monoisotopic (exact) mass is 162 g/mol. The SMILES string of the molecule is Fc1ccccc1-n1n[c]cn1. The summed E-state index contributed by atoms with van der Waals surface area (Å²) in [7, 11) is 0. The molecule has 0 N–H and O–H groups in total. The van der Waals surface area contributed by atoms with Gasteiger partial charge in [-0.25, -0.2) is 4.39 Å². The maximum absolute atomic E-state index is 13.0. The van der Waals surface area contributed by atoms with E-state index in [1.165, 1.54) is 17.1 Å². The molecule has 0 aliphatic rings. The summed E-state index contributed by atoms with van der Waals surface area (Å²) in [5, 5.41) is 7.45. The molecule has 1 aromatic heterocycles. The molecule has 0 amide bonds. The molecule has 0 unspecified atom stereocenters. The van der Waals surface area contributed by atoms with E-state index in [0.717, 1.165) is 0 Å². The Morgan fingerprint density at radius 3 is 2.83 bits per heavy atom. The van der Waals surface area contributed by atoms with E-state index in [9.17, 15) is 4.39 Å². The Hall–Kier alpha value is -1.71. The van der Waals surface area contributed by atoms with Crippen LogP contribution < -0.4 is 0 Å². The van der Waals surface area contributed by atoms with Crippen molar-refractivity contribution in [1.82, 2.24) is 15.0 Å². The third kappa shape index (κ3) is 1.07. The first-order chi connectivity index (χ1) is 5.88. The average Bonchev–Trinajstić information content (AvgIpc) is 2.57. The highest BCUT2D eigenvalue weighted by atomic mass is 19.1. The highest BCUT2D eigenvalue weighted by Gasteiger charge is 2.02. The Kier molecular flexibility index (Phi) is 1.59. The van der Waals surface area contributed by atoms with Gasteiger partial charge in [-0.15, -0.1) is 9.90 Å². The van der Waals surface area contributed by atoms with Crippen LogP contribution in [0.5, 0.6) is 0 Å². The van der Waals surface area contributed by atoms with Crippen molar-refractivity contribution in [2.24, 2.45) is 0 Å². The van der Waals surface area contributed by atoms with Gasteiger partial charge in [0.2, 0.25) is 0 Å². The second kappa shape index (κ2) is 2.73. The summed E-state index contributed by atoms with van der Waals surface area (Å²) in [4.78, 5) is 1.19. The number of halogens is 1. The summed E-state index contributed by atoms with van der Waals surface area (Å²) in [5.41, 5.74) is 0.332. The number of benzene rings is 1. The van der Waals surface area contributed by atoms with Crippen molar-refractivity contribution < 1.29 is 4.39 Å². The Bertz CT molecular complexity index is 370. The van der Waals surface area contributed by atoms with Crippen LogP contribution in [0.4, 0.5) is 4.39 Å². The van der Waals surface area contributed by atoms with Crippen LogP contribution in [0.25, 0.3) is 5.69 Å². The molecule has 3 nitrogen and oxygen atoms in total. The molecule has 0 spiro atoms. The van der Waals surface area contributed by atoms with Crippen LogP contribution in [-0.2, 0) is 0 Å². The van der Waals surface area contributed by atoms with Crippen LogP contribution in [-0.4, -0.2) is 15.0 Å². The highest BCUT2D eigenvalue weighted by molar-refractivity contribution is 5.30. The number of hydrogen-bond acceptors (Lipinski definition) is 2. The van der Waals surface area contributed by atoms with Gasteiger partial charge >= 0.3 is 0 Å². The minimum Gasteiger partial charge on any atom is -0.205 e. The van der Waals surface area contributed by atoms with Crippen molar-refractivity contribution in [1.29, 1.82) is 0 Å². The minimum absolute atomic E-state index is 0.332. The molecular formula is C8H5FN3. The third-order valence-corrected chi connectivity index (χ3v) is 1.45. The van der Waals surface area contributed by atoms with Gasteiger partial charge in [0.15, 0.2) is 5.82 Å². The Morgan fingerprint density at radius 2 is 2.17 bits per heavy atom. The zero-order valence-electron chi connectivity index (χ0n) is 6.11. The molecule has 4 heteroatoms. The van der Waals surface area contributed by atoms with Crippen LogP contribution in [0.3, 0.4) is 0 Å². The largest absolute Gasteiger partial charge is 0.205 e. The zero-order chi connectivity index (χ0) is 8.39. The van der Waals surface area contributed by atoms with Crippen LogP contribution in [0.2, 0.25) is 0 Å². The van der Waals surface area contributed by atoms with Crippen molar-refractivity contribution >= 4 is 0 Å². The second-order valence-corrected chi connectivity index (χ2v) is 2.21. The maximum Gasteiger partial charge on any atom is 0.150 e. The quantitative estimate of drug-likeness (QED) is 0.630. The van der Waals surface area contributed by atoms with Crippen molar-refractivity contribution in [2.45, 2.75) is 0 Å². The van der Waals surface area contributed by atoms with E-state index < -0.39 is 0 Å². The van der Waals surface area contributed by atoms with Gasteiger partial charge in [0.1, 0.15) is 11.9 Å². The van der Waals surface area contributed by atoms with Gasteiger partial charge in [-0.05, 0) is 12.1 Å². The maximum atomic E-state index is 13.0. The van der Waals surface area contributed by atoms with Gasteiger partial charge in [0.25, 0.3) is 0 Å². The van der Waals surface area contributed by atoms with Gasteiger partial charge in [-0.1, -0.05) is 12.1 Å². The fourth-order valence-electron chi connectivity index (χ4n) is 0.917. The van der Waals surface area contributed by atoms with E-state index in [-0.39, 0.29) is 5.82 Å². The van der Waals surface area contributed by atoms with Crippen LogP contribution in [0.15, 0.2) is 30.5 Å². The molecule has 0 atom stereocenters. The van der Waals surface area contributed by atoms with Crippen LogP contribution in [0.1, 0.15) is 0 Å². The summed E-state index contributed by atoms with van der Waals surface area (Å²) in [5.74, 6) is -0.345. The minimum atomic E-state index is -0.345. The Labute approximate surface area is 68.4 Å². The van der Waals surface area contributed by atoms with E-state index in [1.807, 2.05) is 0 Å². The molecule has 0 aliphatic carbocycles. The highest BCUT2D eigenvalue weighted by Crippen LogP contribution is 2.08. The van der Waals surface area contributed by atoms with Crippen molar-refractivity contribution in [3.8, 4) is 5.69 Å². The van der Waals surface area contributed by atoms with Crippen LogP contribution >= 0.6 is 0 Å². The normalized spacial score (nSPS) is 10.1. The van der Waals surface area contributed by atoms with Gasteiger partial charge in [-0.3, -0.25) is 0 Å². The van der Waals surface area contributed by atoms with Gasteiger partial charge in [-0.2, -0.15) is 5.10 Å². The molecule has 0 bridgehead atoms. The standard InChI is InChI=1S/C8H5FN3/c9-7-3-1-2-4-8(7)12-10-5-6-11-12/h1-5H. The average molecular weight is 162 g/mol. The number of rotatable bonds is 1. The lowest BCUT2D eigenvalue weighted by molar-refractivity contribution is 0.596. The van der Waals surface area contributed by atoms with Crippen molar-refractivity contribution in [3.05, 3.63) is 42.5 Å². The molecule has 2 rings (SSSR count). The molecule has 59 valence electrons. The molecule has 0 saturated carbocycles. The van der Waals surface area contributed by atoms with Gasteiger partial charge in [0, 0.05) is 0 Å². The number of para-hydroxylation sites is 1. The fourth-order valence-corrected chi connectivity index (χ4v) is 0.917. The van der Waals surface area contributed by atoms with Crippen LogP contribution in [0, 0.1) is 12.0 Å². The lowest BCUT2D eigenvalue weighted by Crippen LogP contribution is -2.00. The molecule has 0 saturated heterocycles. The number of hydrogen-bond donors (Lipinski definition) is 0. The Balaban J connectivity index is 2.55. The molecule has 2 aromatic rings. The topological polar surface area (TPSA) is 30.7 Å². The lowest BCUT2D eigenvalue weighted by Gasteiger charge is -1.98. The first-order valence-corrected chi connectivity index (χ1v) is 3.41. The van der Waals surface area contributed by atoms with Crippen molar-refractivity contribution in [3.63, 3.8) is 0 Å². The first-order valence-electron chi connectivity index (χ1n) is 3.41. The lowest BCUT2D eigenvalue weighted by atomic mass is 10.3. The third-order valence-electron chi connectivity index (χ3n) is 1.45. The van der Waals surface area contributed by atoms with E-state index in [1.54, 1.807) is 18.2 Å². The molecule has 1 heterocycles. The number of nitrogens with zero attached hydrogens (tertiary/aromatic N) is 3. The Morgan fingerprint density at radius 1 is 1.33 bits per heavy atom. The fraction of sp³-hybridized carbons (Fsp3) is 0. The predicted molar refractivity (Wildman–Crippen MR) is 40.2 cm³/mol. The summed E-state index contributed by atoms with van der Waals surface area (Å²) in [6, 6.07) is 6.30. The molecular weight excluding hydrogens is 157 g/mol. The summed E-state index contributed by atoms with van der Waals surface area (Å²) in [6.45, 7) is 0. The van der Waals surface area contributed by atoms with E-state index in [0.29, 0.717) is 5.69 Å². The summed E-state index contributed by atoms with van der Waals surface area (Å²) >= 11 is 0. The summed E-state index contributed by atoms with van der Waals surface area (Å²) < 4.78 is 13.0. The van der Waals surface area contributed by atoms with E-state index in [4.69, 9.17) is 0 Å².